The molecule has 1 saturated heterocycles. The van der Waals surface area contributed by atoms with Crippen molar-refractivity contribution in [3.8, 4) is 0 Å². The summed E-state index contributed by atoms with van der Waals surface area (Å²) in [5, 5.41) is 3.53. The van der Waals surface area contributed by atoms with Crippen molar-refractivity contribution in [1.82, 2.24) is 5.32 Å². The van der Waals surface area contributed by atoms with Crippen LogP contribution in [0.4, 0.5) is 5.69 Å². The third kappa shape index (κ3) is 2.39. The summed E-state index contributed by atoms with van der Waals surface area (Å²) in [7, 11) is 2.23. The molecule has 1 aromatic rings. The van der Waals surface area contributed by atoms with Gasteiger partial charge in [-0.2, -0.15) is 0 Å². The zero-order chi connectivity index (χ0) is 12.4. The predicted octanol–water partition coefficient (Wildman–Crippen LogP) is 2.61. The van der Waals surface area contributed by atoms with Gasteiger partial charge in [-0.05, 0) is 68.3 Å². The molecule has 2 aliphatic heterocycles. The molecule has 1 atom stereocenters. The van der Waals surface area contributed by atoms with Crippen LogP contribution in [0.1, 0.15) is 30.4 Å². The predicted molar refractivity (Wildman–Crippen MR) is 77.3 cm³/mol. The highest BCUT2D eigenvalue weighted by molar-refractivity contribution is 5.58. The molecule has 0 amide bonds. The largest absolute Gasteiger partial charge is 0.374 e. The molecule has 0 bridgehead atoms. The molecule has 1 aromatic carbocycles. The van der Waals surface area contributed by atoms with Crippen LogP contribution in [0, 0.1) is 5.92 Å². The van der Waals surface area contributed by atoms with Crippen LogP contribution in [-0.2, 0) is 12.8 Å². The Labute approximate surface area is 110 Å². The van der Waals surface area contributed by atoms with Crippen LogP contribution in [0.2, 0.25) is 0 Å². The van der Waals surface area contributed by atoms with Gasteiger partial charge in [0.1, 0.15) is 0 Å². The van der Waals surface area contributed by atoms with Crippen LogP contribution in [0.5, 0.6) is 0 Å². The molecule has 0 aromatic heterocycles. The number of benzene rings is 1. The number of fused-ring (bicyclic) bond motifs is 1. The molecule has 3 rings (SSSR count). The fraction of sp³-hybridized carbons (Fsp3) is 0.625. The van der Waals surface area contributed by atoms with E-state index in [1.54, 1.807) is 11.1 Å². The van der Waals surface area contributed by atoms with Crippen molar-refractivity contribution in [2.45, 2.75) is 32.1 Å². The van der Waals surface area contributed by atoms with Gasteiger partial charge < -0.3 is 10.2 Å². The van der Waals surface area contributed by atoms with E-state index in [-0.39, 0.29) is 0 Å². The molecule has 0 saturated carbocycles. The summed E-state index contributed by atoms with van der Waals surface area (Å²) in [6, 6.07) is 6.88. The van der Waals surface area contributed by atoms with Crippen LogP contribution in [0.25, 0.3) is 0 Å². The number of anilines is 1. The molecule has 2 aliphatic rings. The second kappa shape index (κ2) is 5.31. The Balaban J connectivity index is 1.81. The molecule has 1 fully saturated rings. The first kappa shape index (κ1) is 12.0. The molecule has 98 valence electrons. The lowest BCUT2D eigenvalue weighted by atomic mass is 9.87. The van der Waals surface area contributed by atoms with Crippen LogP contribution in [-0.4, -0.2) is 26.7 Å². The lowest BCUT2D eigenvalue weighted by Crippen LogP contribution is -2.31. The van der Waals surface area contributed by atoms with E-state index in [0.717, 1.165) is 5.92 Å². The quantitative estimate of drug-likeness (QED) is 0.860. The van der Waals surface area contributed by atoms with Crippen LogP contribution < -0.4 is 10.2 Å². The van der Waals surface area contributed by atoms with Gasteiger partial charge in [0.15, 0.2) is 0 Å². The van der Waals surface area contributed by atoms with E-state index < -0.39 is 0 Å². The van der Waals surface area contributed by atoms with Gasteiger partial charge in [-0.1, -0.05) is 12.1 Å². The molecule has 1 unspecified atom stereocenters. The smallest absolute Gasteiger partial charge is 0.0398 e. The number of hydrogen-bond acceptors (Lipinski definition) is 2. The Bertz CT molecular complexity index is 408. The maximum absolute atomic E-state index is 3.53. The van der Waals surface area contributed by atoms with Crippen molar-refractivity contribution in [3.63, 3.8) is 0 Å². The molecular formula is C16H24N2. The lowest BCUT2D eigenvalue weighted by molar-refractivity contribution is 0.375. The van der Waals surface area contributed by atoms with Gasteiger partial charge in [0, 0.05) is 19.3 Å². The second-order valence-corrected chi connectivity index (χ2v) is 5.86. The van der Waals surface area contributed by atoms with Crippen molar-refractivity contribution in [1.29, 1.82) is 0 Å². The maximum atomic E-state index is 3.53. The minimum absolute atomic E-state index is 0.845. The van der Waals surface area contributed by atoms with E-state index in [0.29, 0.717) is 0 Å². The Morgan fingerprint density at radius 2 is 2.28 bits per heavy atom. The van der Waals surface area contributed by atoms with Gasteiger partial charge in [0.2, 0.25) is 0 Å². The summed E-state index contributed by atoms with van der Waals surface area (Å²) in [4.78, 5) is 2.42. The Morgan fingerprint density at radius 3 is 3.11 bits per heavy atom. The van der Waals surface area contributed by atoms with Crippen molar-refractivity contribution in [2.75, 3.05) is 31.6 Å². The lowest BCUT2D eigenvalue weighted by Gasteiger charge is -2.30. The maximum Gasteiger partial charge on any atom is 0.0398 e. The van der Waals surface area contributed by atoms with E-state index in [1.165, 1.54) is 57.4 Å². The summed E-state index contributed by atoms with van der Waals surface area (Å²) in [6.45, 7) is 3.63. The van der Waals surface area contributed by atoms with Crippen LogP contribution >= 0.6 is 0 Å². The molecule has 2 heterocycles. The first-order chi connectivity index (χ1) is 8.84. The molecule has 2 nitrogen and oxygen atoms in total. The van der Waals surface area contributed by atoms with Crippen LogP contribution in [0.3, 0.4) is 0 Å². The van der Waals surface area contributed by atoms with E-state index in [2.05, 4.69) is 35.5 Å². The van der Waals surface area contributed by atoms with E-state index >= 15 is 0 Å². The highest BCUT2D eigenvalue weighted by Crippen LogP contribution is 2.30. The van der Waals surface area contributed by atoms with E-state index in [9.17, 15) is 0 Å². The fourth-order valence-electron chi connectivity index (χ4n) is 3.48. The molecule has 1 N–H and O–H groups in total. The Hall–Kier alpha value is -1.02. The van der Waals surface area contributed by atoms with Crippen molar-refractivity contribution in [2.24, 2.45) is 5.92 Å². The summed E-state index contributed by atoms with van der Waals surface area (Å²) < 4.78 is 0. The summed E-state index contributed by atoms with van der Waals surface area (Å²) >= 11 is 0. The van der Waals surface area contributed by atoms with Gasteiger partial charge in [0.25, 0.3) is 0 Å². The van der Waals surface area contributed by atoms with Gasteiger partial charge >= 0.3 is 0 Å². The number of hydrogen-bond donors (Lipinski definition) is 1. The third-order valence-electron chi connectivity index (χ3n) is 4.49. The summed E-state index contributed by atoms with van der Waals surface area (Å²) in [5.41, 5.74) is 4.70. The average molecular weight is 244 g/mol. The standard InChI is InChI=1S/C16H24N2/c1-18-10-4-7-15-14(6-2-8-16(15)18)11-13-5-3-9-17-12-13/h2,6,8,13,17H,3-5,7,9-12H2,1H3. The van der Waals surface area contributed by atoms with Gasteiger partial charge in [0.05, 0.1) is 0 Å². The minimum atomic E-state index is 0.845. The molecule has 2 heteroatoms. The van der Waals surface area contributed by atoms with Gasteiger partial charge in [-0.3, -0.25) is 0 Å². The van der Waals surface area contributed by atoms with Crippen molar-refractivity contribution < 1.29 is 0 Å². The van der Waals surface area contributed by atoms with Crippen molar-refractivity contribution >= 4 is 5.69 Å². The van der Waals surface area contributed by atoms with E-state index in [1.807, 2.05) is 0 Å². The van der Waals surface area contributed by atoms with Crippen molar-refractivity contribution in [3.05, 3.63) is 29.3 Å². The summed E-state index contributed by atoms with van der Waals surface area (Å²) in [5.74, 6) is 0.845. The number of nitrogens with one attached hydrogen (secondary N) is 1. The number of rotatable bonds is 2. The minimum Gasteiger partial charge on any atom is -0.374 e. The molecule has 0 radical (unpaired) electrons. The van der Waals surface area contributed by atoms with Gasteiger partial charge in [-0.25, -0.2) is 0 Å². The molecular weight excluding hydrogens is 220 g/mol. The van der Waals surface area contributed by atoms with Gasteiger partial charge in [-0.15, -0.1) is 0 Å². The number of nitrogens with zero attached hydrogens (tertiary/aromatic N) is 1. The molecule has 0 aliphatic carbocycles. The third-order valence-corrected chi connectivity index (χ3v) is 4.49. The SMILES string of the molecule is CN1CCCc2c(CC3CCCNC3)cccc21. The highest BCUT2D eigenvalue weighted by Gasteiger charge is 2.19. The van der Waals surface area contributed by atoms with E-state index in [4.69, 9.17) is 0 Å². The first-order valence-electron chi connectivity index (χ1n) is 7.37. The average Bonchev–Trinajstić information content (AvgIpc) is 2.41. The zero-order valence-electron chi connectivity index (χ0n) is 11.4. The Morgan fingerprint density at radius 1 is 1.33 bits per heavy atom. The summed E-state index contributed by atoms with van der Waals surface area (Å²) in [6.07, 6.45) is 6.59. The molecule has 18 heavy (non-hydrogen) atoms. The normalized spacial score (nSPS) is 23.8. The highest BCUT2D eigenvalue weighted by atomic mass is 15.1. The molecule has 0 spiro atoms. The first-order valence-corrected chi connectivity index (χ1v) is 7.37. The zero-order valence-corrected chi connectivity index (χ0v) is 11.4. The Kier molecular flexibility index (Phi) is 3.55. The monoisotopic (exact) mass is 244 g/mol. The second-order valence-electron chi connectivity index (χ2n) is 5.86. The topological polar surface area (TPSA) is 15.3 Å². The number of piperidine rings is 1. The fourth-order valence-corrected chi connectivity index (χ4v) is 3.48. The van der Waals surface area contributed by atoms with Crippen LogP contribution in [0.15, 0.2) is 18.2 Å².